The van der Waals surface area contributed by atoms with Gasteiger partial charge in [-0.25, -0.2) is 9.97 Å². The molecule has 1 amide bonds. The molecule has 9 heteroatoms. The van der Waals surface area contributed by atoms with Gasteiger partial charge in [0.05, 0.1) is 25.6 Å². The molecule has 1 aromatic carbocycles. The second-order valence-corrected chi connectivity index (χ2v) is 7.70. The predicted molar refractivity (Wildman–Crippen MR) is 118 cm³/mol. The Bertz CT molecular complexity index is 1220. The van der Waals surface area contributed by atoms with E-state index in [2.05, 4.69) is 26.2 Å². The highest BCUT2D eigenvalue weighted by molar-refractivity contribution is 5.76. The summed E-state index contributed by atoms with van der Waals surface area (Å²) in [6.07, 6.45) is 11.0. The molecule has 3 aromatic heterocycles. The van der Waals surface area contributed by atoms with Gasteiger partial charge in [-0.05, 0) is 11.6 Å². The lowest BCUT2D eigenvalue weighted by Gasteiger charge is -2.26. The lowest BCUT2D eigenvalue weighted by molar-refractivity contribution is -0.136. The van der Waals surface area contributed by atoms with Crippen LogP contribution in [0.5, 0.6) is 0 Å². The third kappa shape index (κ3) is 4.28. The number of amides is 1. The Morgan fingerprint density at radius 3 is 2.38 bits per heavy atom. The first-order valence-corrected chi connectivity index (χ1v) is 10.5. The highest BCUT2D eigenvalue weighted by atomic mass is 16.5. The SMILES string of the molecule is Cn1cc(-c2cccc(-c3ncc(-c4cnn(CC(=O)N5CCOCC5)c4)cn3)c2)cn1. The number of ether oxygens (including phenoxy) is 1. The van der Waals surface area contributed by atoms with E-state index in [1.807, 2.05) is 48.7 Å². The van der Waals surface area contributed by atoms with E-state index >= 15 is 0 Å². The van der Waals surface area contributed by atoms with Crippen molar-refractivity contribution in [2.75, 3.05) is 26.3 Å². The van der Waals surface area contributed by atoms with Crippen molar-refractivity contribution in [1.29, 1.82) is 0 Å². The molecule has 162 valence electrons. The predicted octanol–water partition coefficient (Wildman–Crippen LogP) is 2.27. The molecule has 4 heterocycles. The zero-order valence-corrected chi connectivity index (χ0v) is 17.8. The molecule has 1 saturated heterocycles. The smallest absolute Gasteiger partial charge is 0.244 e. The lowest BCUT2D eigenvalue weighted by Crippen LogP contribution is -2.42. The molecular weight excluding hydrogens is 406 g/mol. The first kappa shape index (κ1) is 20.1. The third-order valence-electron chi connectivity index (χ3n) is 5.44. The van der Waals surface area contributed by atoms with Crippen LogP contribution in [0.2, 0.25) is 0 Å². The van der Waals surface area contributed by atoms with E-state index in [0.717, 1.165) is 27.8 Å². The lowest BCUT2D eigenvalue weighted by atomic mass is 10.1. The van der Waals surface area contributed by atoms with Gasteiger partial charge in [-0.1, -0.05) is 18.2 Å². The molecule has 4 aromatic rings. The molecule has 0 atom stereocenters. The van der Waals surface area contributed by atoms with Crippen molar-refractivity contribution in [1.82, 2.24) is 34.4 Å². The number of hydrogen-bond donors (Lipinski definition) is 0. The number of rotatable bonds is 5. The van der Waals surface area contributed by atoms with Crippen LogP contribution in [0.1, 0.15) is 0 Å². The van der Waals surface area contributed by atoms with E-state index in [4.69, 9.17) is 4.74 Å². The van der Waals surface area contributed by atoms with Crippen LogP contribution in [0.25, 0.3) is 33.6 Å². The number of hydrogen-bond acceptors (Lipinski definition) is 6. The number of aromatic nitrogens is 6. The summed E-state index contributed by atoms with van der Waals surface area (Å²) in [5.74, 6) is 0.692. The molecule has 0 aliphatic carbocycles. The second kappa shape index (κ2) is 8.72. The summed E-state index contributed by atoms with van der Waals surface area (Å²) in [6, 6.07) is 8.08. The van der Waals surface area contributed by atoms with Crippen LogP contribution >= 0.6 is 0 Å². The van der Waals surface area contributed by atoms with Gasteiger partial charge in [0, 0.05) is 67.2 Å². The molecule has 0 bridgehead atoms. The van der Waals surface area contributed by atoms with Crippen molar-refractivity contribution in [2.45, 2.75) is 6.54 Å². The molecular formula is C23H23N7O2. The molecule has 1 aliphatic heterocycles. The summed E-state index contributed by atoms with van der Waals surface area (Å²) in [5.41, 5.74) is 4.77. The summed E-state index contributed by atoms with van der Waals surface area (Å²) in [5, 5.41) is 8.56. The molecule has 32 heavy (non-hydrogen) atoms. The minimum absolute atomic E-state index is 0.0445. The number of benzene rings is 1. The molecule has 0 unspecified atom stereocenters. The summed E-state index contributed by atoms with van der Waals surface area (Å²) < 4.78 is 8.73. The third-order valence-corrected chi connectivity index (χ3v) is 5.44. The van der Waals surface area contributed by atoms with Gasteiger partial charge < -0.3 is 9.64 Å². The van der Waals surface area contributed by atoms with Gasteiger partial charge in [0.1, 0.15) is 6.54 Å². The van der Waals surface area contributed by atoms with Crippen LogP contribution in [0.3, 0.4) is 0 Å². The topological polar surface area (TPSA) is 91.0 Å². The van der Waals surface area contributed by atoms with E-state index < -0.39 is 0 Å². The largest absolute Gasteiger partial charge is 0.378 e. The number of morpholine rings is 1. The van der Waals surface area contributed by atoms with Gasteiger partial charge in [-0.3, -0.25) is 14.2 Å². The summed E-state index contributed by atoms with van der Waals surface area (Å²) >= 11 is 0. The van der Waals surface area contributed by atoms with Gasteiger partial charge in [0.25, 0.3) is 0 Å². The summed E-state index contributed by atoms with van der Waals surface area (Å²) in [6.45, 7) is 2.64. The second-order valence-electron chi connectivity index (χ2n) is 7.70. The van der Waals surface area contributed by atoms with Crippen LogP contribution < -0.4 is 0 Å². The maximum Gasteiger partial charge on any atom is 0.244 e. The number of carbonyl (C=O) groups excluding carboxylic acids is 1. The fourth-order valence-electron chi connectivity index (χ4n) is 3.68. The normalized spacial score (nSPS) is 14.0. The van der Waals surface area contributed by atoms with E-state index in [1.54, 1.807) is 28.0 Å². The number of carbonyl (C=O) groups is 1. The number of nitrogens with zero attached hydrogens (tertiary/aromatic N) is 7. The van der Waals surface area contributed by atoms with Crippen LogP contribution in [0.15, 0.2) is 61.4 Å². The monoisotopic (exact) mass is 429 g/mol. The molecule has 0 radical (unpaired) electrons. The Balaban J connectivity index is 1.30. The van der Waals surface area contributed by atoms with Crippen molar-refractivity contribution >= 4 is 5.91 Å². The van der Waals surface area contributed by atoms with Crippen molar-refractivity contribution < 1.29 is 9.53 Å². The average molecular weight is 429 g/mol. The van der Waals surface area contributed by atoms with E-state index in [9.17, 15) is 4.79 Å². The fourth-order valence-corrected chi connectivity index (χ4v) is 3.68. The minimum Gasteiger partial charge on any atom is -0.378 e. The zero-order chi connectivity index (χ0) is 21.9. The minimum atomic E-state index is 0.0445. The first-order chi connectivity index (χ1) is 15.7. The summed E-state index contributed by atoms with van der Waals surface area (Å²) in [4.78, 5) is 23.3. The molecule has 1 aliphatic rings. The Morgan fingerprint density at radius 2 is 1.62 bits per heavy atom. The Morgan fingerprint density at radius 1 is 0.906 bits per heavy atom. The van der Waals surface area contributed by atoms with Crippen LogP contribution in [-0.2, 0) is 23.1 Å². The van der Waals surface area contributed by atoms with Gasteiger partial charge in [0.15, 0.2) is 5.82 Å². The zero-order valence-electron chi connectivity index (χ0n) is 17.8. The van der Waals surface area contributed by atoms with Gasteiger partial charge in [-0.2, -0.15) is 10.2 Å². The maximum atomic E-state index is 12.4. The fraction of sp³-hybridized carbons (Fsp3) is 0.261. The Kier molecular flexibility index (Phi) is 5.47. The van der Waals surface area contributed by atoms with Gasteiger partial charge in [-0.15, -0.1) is 0 Å². The van der Waals surface area contributed by atoms with Gasteiger partial charge >= 0.3 is 0 Å². The van der Waals surface area contributed by atoms with Crippen molar-refractivity contribution in [2.24, 2.45) is 7.05 Å². The molecule has 5 rings (SSSR count). The molecule has 9 nitrogen and oxygen atoms in total. The van der Waals surface area contributed by atoms with Crippen LogP contribution in [0.4, 0.5) is 0 Å². The van der Waals surface area contributed by atoms with E-state index in [-0.39, 0.29) is 12.5 Å². The summed E-state index contributed by atoms with van der Waals surface area (Å²) in [7, 11) is 1.90. The molecule has 0 spiro atoms. The van der Waals surface area contributed by atoms with Crippen LogP contribution in [0, 0.1) is 0 Å². The highest BCUT2D eigenvalue weighted by Gasteiger charge is 2.17. The van der Waals surface area contributed by atoms with E-state index in [1.165, 1.54) is 0 Å². The van der Waals surface area contributed by atoms with Crippen molar-refractivity contribution in [3.8, 4) is 33.6 Å². The Labute approximate surface area is 185 Å². The molecule has 0 saturated carbocycles. The van der Waals surface area contributed by atoms with E-state index in [0.29, 0.717) is 32.1 Å². The first-order valence-electron chi connectivity index (χ1n) is 10.5. The van der Waals surface area contributed by atoms with Crippen molar-refractivity contribution in [3.63, 3.8) is 0 Å². The maximum absolute atomic E-state index is 12.4. The van der Waals surface area contributed by atoms with Gasteiger partial charge in [0.2, 0.25) is 5.91 Å². The molecule has 0 N–H and O–H groups in total. The molecule has 1 fully saturated rings. The number of aryl methyl sites for hydroxylation is 1. The van der Waals surface area contributed by atoms with Crippen molar-refractivity contribution in [3.05, 3.63) is 61.4 Å². The van der Waals surface area contributed by atoms with Crippen LogP contribution in [-0.4, -0.2) is 66.6 Å². The quantitative estimate of drug-likeness (QED) is 0.483. The average Bonchev–Trinajstić information content (AvgIpc) is 3.49. The Hall–Kier alpha value is -3.85. The standard InChI is InChI=1S/C23H23N7O2/c1-28-14-20(12-26-28)17-3-2-4-18(9-17)23-24-10-19(11-25-23)21-13-27-30(15-21)16-22(31)29-5-7-32-8-6-29/h2-4,9-15H,5-8,16H2,1H3. The highest BCUT2D eigenvalue weighted by Crippen LogP contribution is 2.25.